The number of halogens is 1. The van der Waals surface area contributed by atoms with Gasteiger partial charge in [0.2, 0.25) is 5.91 Å². The standard InChI is InChI=1S/C16H31N3O.ClH/c1-3-10-16(2,17)15(20)18-13-8-11-19(12-9-13)14-6-4-5-7-14;/h13-14H,3-12,17H2,1-2H3,(H,18,20);1H. The molecule has 1 aliphatic heterocycles. The van der Waals surface area contributed by atoms with E-state index in [2.05, 4.69) is 17.1 Å². The second-order valence-corrected chi connectivity index (χ2v) is 6.89. The maximum absolute atomic E-state index is 12.2. The van der Waals surface area contributed by atoms with Gasteiger partial charge < -0.3 is 16.0 Å². The molecule has 1 atom stereocenters. The van der Waals surface area contributed by atoms with Crippen LogP contribution in [-0.4, -0.2) is 41.5 Å². The highest BCUT2D eigenvalue weighted by molar-refractivity contribution is 5.86. The summed E-state index contributed by atoms with van der Waals surface area (Å²) in [5.41, 5.74) is 5.38. The molecule has 2 rings (SSSR count). The fourth-order valence-electron chi connectivity index (χ4n) is 3.66. The Bertz CT molecular complexity index is 321. The van der Waals surface area contributed by atoms with E-state index < -0.39 is 5.54 Å². The van der Waals surface area contributed by atoms with Crippen LogP contribution in [0.4, 0.5) is 0 Å². The van der Waals surface area contributed by atoms with Gasteiger partial charge in [0, 0.05) is 25.2 Å². The summed E-state index contributed by atoms with van der Waals surface area (Å²) in [4.78, 5) is 14.8. The Balaban J connectivity index is 0.00000220. The number of piperidine rings is 1. The van der Waals surface area contributed by atoms with E-state index in [1.807, 2.05) is 6.92 Å². The van der Waals surface area contributed by atoms with Crippen LogP contribution in [-0.2, 0) is 4.79 Å². The highest BCUT2D eigenvalue weighted by Gasteiger charge is 2.31. The second-order valence-electron chi connectivity index (χ2n) is 6.89. The van der Waals surface area contributed by atoms with Crippen LogP contribution in [0.5, 0.6) is 0 Å². The smallest absolute Gasteiger partial charge is 0.240 e. The number of amides is 1. The van der Waals surface area contributed by atoms with Crippen LogP contribution < -0.4 is 11.1 Å². The molecule has 1 unspecified atom stereocenters. The molecule has 1 saturated carbocycles. The van der Waals surface area contributed by atoms with Gasteiger partial charge >= 0.3 is 0 Å². The number of likely N-dealkylation sites (tertiary alicyclic amines) is 1. The SMILES string of the molecule is CCCC(C)(N)C(=O)NC1CCN(C2CCCC2)CC1.Cl. The number of hydrogen-bond acceptors (Lipinski definition) is 3. The number of hydrogen-bond donors (Lipinski definition) is 2. The van der Waals surface area contributed by atoms with Crippen molar-refractivity contribution in [2.24, 2.45) is 5.73 Å². The monoisotopic (exact) mass is 317 g/mol. The molecule has 5 heteroatoms. The fourth-order valence-corrected chi connectivity index (χ4v) is 3.66. The molecule has 3 N–H and O–H groups in total. The van der Waals surface area contributed by atoms with Crippen LogP contribution in [0.1, 0.15) is 65.2 Å². The summed E-state index contributed by atoms with van der Waals surface area (Å²) in [7, 11) is 0. The Kier molecular flexibility index (Phi) is 7.45. The Morgan fingerprint density at radius 3 is 2.33 bits per heavy atom. The molecule has 1 saturated heterocycles. The zero-order chi connectivity index (χ0) is 14.6. The van der Waals surface area contributed by atoms with Crippen molar-refractivity contribution in [3.63, 3.8) is 0 Å². The van der Waals surface area contributed by atoms with E-state index in [-0.39, 0.29) is 18.3 Å². The minimum atomic E-state index is -0.711. The molecule has 0 aromatic carbocycles. The van der Waals surface area contributed by atoms with Crippen molar-refractivity contribution in [1.29, 1.82) is 0 Å². The highest BCUT2D eigenvalue weighted by Crippen LogP contribution is 2.26. The van der Waals surface area contributed by atoms with E-state index in [9.17, 15) is 4.79 Å². The summed E-state index contributed by atoms with van der Waals surface area (Å²) in [6.45, 7) is 6.17. The summed E-state index contributed by atoms with van der Waals surface area (Å²) in [6, 6.07) is 1.13. The molecule has 0 spiro atoms. The van der Waals surface area contributed by atoms with Gasteiger partial charge in [-0.15, -0.1) is 12.4 Å². The van der Waals surface area contributed by atoms with E-state index in [4.69, 9.17) is 5.73 Å². The van der Waals surface area contributed by atoms with Gasteiger partial charge in [-0.05, 0) is 39.0 Å². The van der Waals surface area contributed by atoms with Crippen molar-refractivity contribution in [3.8, 4) is 0 Å². The molecule has 0 radical (unpaired) electrons. The molecule has 0 bridgehead atoms. The molecule has 0 aromatic heterocycles. The van der Waals surface area contributed by atoms with Gasteiger partial charge in [-0.2, -0.15) is 0 Å². The maximum Gasteiger partial charge on any atom is 0.240 e. The van der Waals surface area contributed by atoms with Crippen molar-refractivity contribution in [3.05, 3.63) is 0 Å². The predicted octanol–water partition coefficient (Wildman–Crippen LogP) is 2.45. The lowest BCUT2D eigenvalue weighted by atomic mass is 9.95. The molecule has 4 nitrogen and oxygen atoms in total. The molecule has 124 valence electrons. The van der Waals surface area contributed by atoms with Gasteiger partial charge in [-0.3, -0.25) is 4.79 Å². The van der Waals surface area contributed by atoms with E-state index in [0.717, 1.165) is 44.8 Å². The molecule has 1 amide bonds. The van der Waals surface area contributed by atoms with E-state index in [0.29, 0.717) is 6.04 Å². The maximum atomic E-state index is 12.2. The minimum Gasteiger partial charge on any atom is -0.352 e. The van der Waals surface area contributed by atoms with Gasteiger partial charge in [0.15, 0.2) is 0 Å². The quantitative estimate of drug-likeness (QED) is 0.819. The number of rotatable bonds is 5. The number of carbonyl (C=O) groups is 1. The first-order valence-corrected chi connectivity index (χ1v) is 8.37. The molecule has 2 fully saturated rings. The second kappa shape index (κ2) is 8.35. The van der Waals surface area contributed by atoms with E-state index in [1.54, 1.807) is 0 Å². The number of carbonyl (C=O) groups excluding carboxylic acids is 1. The van der Waals surface area contributed by atoms with Crippen LogP contribution in [0.15, 0.2) is 0 Å². The van der Waals surface area contributed by atoms with Crippen LogP contribution in [0.2, 0.25) is 0 Å². The van der Waals surface area contributed by atoms with Crippen molar-refractivity contribution in [2.45, 2.75) is 82.8 Å². The van der Waals surface area contributed by atoms with Crippen LogP contribution >= 0.6 is 12.4 Å². The molecular weight excluding hydrogens is 286 g/mol. The van der Waals surface area contributed by atoms with Crippen LogP contribution in [0.3, 0.4) is 0 Å². The number of nitrogens with zero attached hydrogens (tertiary/aromatic N) is 1. The Hall–Kier alpha value is -0.320. The largest absolute Gasteiger partial charge is 0.352 e. The Morgan fingerprint density at radius 1 is 1.24 bits per heavy atom. The van der Waals surface area contributed by atoms with Crippen LogP contribution in [0, 0.1) is 0 Å². The summed E-state index contributed by atoms with van der Waals surface area (Å²) >= 11 is 0. The van der Waals surface area contributed by atoms with Crippen LogP contribution in [0.25, 0.3) is 0 Å². The number of nitrogens with two attached hydrogens (primary N) is 1. The van der Waals surface area contributed by atoms with Crippen molar-refractivity contribution in [2.75, 3.05) is 13.1 Å². The zero-order valence-electron chi connectivity index (χ0n) is 13.6. The third-order valence-electron chi connectivity index (χ3n) is 4.99. The van der Waals surface area contributed by atoms with Gasteiger partial charge in [-0.25, -0.2) is 0 Å². The molecule has 0 aromatic rings. The lowest BCUT2D eigenvalue weighted by Gasteiger charge is -2.37. The van der Waals surface area contributed by atoms with E-state index in [1.165, 1.54) is 25.7 Å². The summed E-state index contributed by atoms with van der Waals surface area (Å²) in [5, 5.41) is 3.16. The zero-order valence-corrected chi connectivity index (χ0v) is 14.4. The minimum absolute atomic E-state index is 0. The average molecular weight is 318 g/mol. The summed E-state index contributed by atoms with van der Waals surface area (Å²) < 4.78 is 0. The Labute approximate surface area is 135 Å². The fraction of sp³-hybridized carbons (Fsp3) is 0.938. The highest BCUT2D eigenvalue weighted by atomic mass is 35.5. The summed E-state index contributed by atoms with van der Waals surface area (Å²) in [5.74, 6) is 0.0265. The van der Waals surface area contributed by atoms with Gasteiger partial charge in [0.25, 0.3) is 0 Å². The van der Waals surface area contributed by atoms with Gasteiger partial charge in [-0.1, -0.05) is 26.2 Å². The predicted molar refractivity (Wildman–Crippen MR) is 89.7 cm³/mol. The van der Waals surface area contributed by atoms with Crippen molar-refractivity contribution >= 4 is 18.3 Å². The van der Waals surface area contributed by atoms with Crippen molar-refractivity contribution < 1.29 is 4.79 Å². The lowest BCUT2D eigenvalue weighted by Crippen LogP contribution is -2.56. The molecule has 2 aliphatic rings. The van der Waals surface area contributed by atoms with Gasteiger partial charge in [0.05, 0.1) is 5.54 Å². The first-order valence-electron chi connectivity index (χ1n) is 8.37. The van der Waals surface area contributed by atoms with E-state index >= 15 is 0 Å². The molecular formula is C16H32ClN3O. The first kappa shape index (κ1) is 18.7. The third-order valence-corrected chi connectivity index (χ3v) is 4.99. The molecule has 1 heterocycles. The molecule has 1 aliphatic carbocycles. The van der Waals surface area contributed by atoms with Gasteiger partial charge in [0.1, 0.15) is 0 Å². The molecule has 21 heavy (non-hydrogen) atoms. The normalized spacial score (nSPS) is 24.3. The first-order chi connectivity index (χ1) is 9.53. The Morgan fingerprint density at radius 2 is 1.81 bits per heavy atom. The summed E-state index contributed by atoms with van der Waals surface area (Å²) in [6.07, 6.45) is 9.37. The topological polar surface area (TPSA) is 58.4 Å². The number of nitrogens with one attached hydrogen (secondary N) is 1. The van der Waals surface area contributed by atoms with Crippen molar-refractivity contribution in [1.82, 2.24) is 10.2 Å². The third kappa shape index (κ3) is 5.11. The average Bonchev–Trinajstić information content (AvgIpc) is 2.93. The lowest BCUT2D eigenvalue weighted by molar-refractivity contribution is -0.127.